The molecule has 0 spiro atoms. The fourth-order valence-electron chi connectivity index (χ4n) is 2.68. The van der Waals surface area contributed by atoms with E-state index in [1.165, 1.54) is 4.88 Å². The molecule has 30 heavy (non-hydrogen) atoms. The molecule has 0 atom stereocenters. The highest BCUT2D eigenvalue weighted by Crippen LogP contribution is 2.17. The number of oxazole rings is 1. The maximum absolute atomic E-state index is 5.71. The summed E-state index contributed by atoms with van der Waals surface area (Å²) in [6, 6.07) is 12.1. The largest absolute Gasteiger partial charge is 0.491 e. The van der Waals surface area contributed by atoms with Crippen LogP contribution in [0.3, 0.4) is 0 Å². The van der Waals surface area contributed by atoms with E-state index in [9.17, 15) is 0 Å². The van der Waals surface area contributed by atoms with E-state index in [1.807, 2.05) is 52.0 Å². The van der Waals surface area contributed by atoms with E-state index in [0.717, 1.165) is 35.9 Å². The number of aliphatic imine (C=N–C) groups is 1. The standard InChI is InChI=1S/C22H28N4O2S.HI/c1-15(2)27-19-9-7-18(8-10-19)26-22(23-12-11-20-6-5-13-29-20)24-14-21-25-16(3)17(4)28-21;/h5-10,13,15H,11-12,14H2,1-4H3,(H2,23,24,26);1H. The van der Waals surface area contributed by atoms with Crippen molar-refractivity contribution in [3.05, 3.63) is 64.0 Å². The van der Waals surface area contributed by atoms with Gasteiger partial charge >= 0.3 is 0 Å². The van der Waals surface area contributed by atoms with Crippen molar-refractivity contribution in [3.8, 4) is 5.75 Å². The second-order valence-electron chi connectivity index (χ2n) is 6.99. The summed E-state index contributed by atoms with van der Waals surface area (Å²) in [6.45, 7) is 9.03. The van der Waals surface area contributed by atoms with E-state index in [4.69, 9.17) is 9.15 Å². The molecule has 2 aromatic heterocycles. The molecule has 0 bridgehead atoms. The summed E-state index contributed by atoms with van der Waals surface area (Å²) >= 11 is 1.76. The molecule has 3 rings (SSSR count). The van der Waals surface area contributed by atoms with Gasteiger partial charge in [0.05, 0.1) is 11.8 Å². The summed E-state index contributed by atoms with van der Waals surface area (Å²) in [5.74, 6) is 2.98. The van der Waals surface area contributed by atoms with Crippen LogP contribution in [-0.4, -0.2) is 23.6 Å². The lowest BCUT2D eigenvalue weighted by Crippen LogP contribution is -2.32. The Kier molecular flexibility index (Phi) is 9.64. The van der Waals surface area contributed by atoms with Gasteiger partial charge in [-0.3, -0.25) is 0 Å². The minimum Gasteiger partial charge on any atom is -0.491 e. The van der Waals surface area contributed by atoms with E-state index < -0.39 is 0 Å². The van der Waals surface area contributed by atoms with Gasteiger partial charge in [0.1, 0.15) is 18.1 Å². The summed E-state index contributed by atoms with van der Waals surface area (Å²) in [6.07, 6.45) is 1.09. The van der Waals surface area contributed by atoms with Gasteiger partial charge in [-0.1, -0.05) is 6.07 Å². The second-order valence-corrected chi connectivity index (χ2v) is 8.02. The number of guanidine groups is 1. The van der Waals surface area contributed by atoms with Crippen molar-refractivity contribution in [3.63, 3.8) is 0 Å². The monoisotopic (exact) mass is 540 g/mol. The number of ether oxygens (including phenoxy) is 1. The van der Waals surface area contributed by atoms with Crippen LogP contribution in [0, 0.1) is 13.8 Å². The highest BCUT2D eigenvalue weighted by Gasteiger charge is 2.07. The Morgan fingerprint density at radius 3 is 2.57 bits per heavy atom. The number of hydrogen-bond acceptors (Lipinski definition) is 5. The lowest BCUT2D eigenvalue weighted by atomic mass is 10.3. The van der Waals surface area contributed by atoms with Crippen molar-refractivity contribution in [2.45, 2.75) is 46.8 Å². The average Bonchev–Trinajstić information content (AvgIpc) is 3.30. The number of benzene rings is 1. The van der Waals surface area contributed by atoms with Crippen LogP contribution in [-0.2, 0) is 13.0 Å². The maximum Gasteiger partial charge on any atom is 0.216 e. The number of anilines is 1. The van der Waals surface area contributed by atoms with Gasteiger partial charge in [0, 0.05) is 17.1 Å². The Bertz CT molecular complexity index is 902. The summed E-state index contributed by atoms with van der Waals surface area (Å²) in [4.78, 5) is 10.4. The first-order valence-electron chi connectivity index (χ1n) is 9.77. The summed E-state index contributed by atoms with van der Waals surface area (Å²) in [5.41, 5.74) is 1.83. The van der Waals surface area contributed by atoms with E-state index >= 15 is 0 Å². The predicted molar refractivity (Wildman–Crippen MR) is 134 cm³/mol. The number of rotatable bonds is 8. The molecule has 2 N–H and O–H groups in total. The molecule has 0 radical (unpaired) electrons. The molecule has 0 saturated heterocycles. The van der Waals surface area contributed by atoms with Crippen LogP contribution in [0.25, 0.3) is 0 Å². The quantitative estimate of drug-likeness (QED) is 0.223. The van der Waals surface area contributed by atoms with Crippen molar-refractivity contribution in [2.75, 3.05) is 11.9 Å². The van der Waals surface area contributed by atoms with Crippen molar-refractivity contribution in [1.82, 2.24) is 10.3 Å². The number of thiophene rings is 1. The third-order valence-corrected chi connectivity index (χ3v) is 5.11. The zero-order valence-corrected chi connectivity index (χ0v) is 20.9. The smallest absolute Gasteiger partial charge is 0.216 e. The molecule has 0 amide bonds. The Hall–Kier alpha value is -2.07. The molecule has 1 aromatic carbocycles. The van der Waals surface area contributed by atoms with Gasteiger partial charge in [-0.2, -0.15) is 0 Å². The summed E-state index contributed by atoms with van der Waals surface area (Å²) < 4.78 is 11.3. The first-order valence-corrected chi connectivity index (χ1v) is 10.6. The van der Waals surface area contributed by atoms with Gasteiger partial charge in [0.25, 0.3) is 0 Å². The van der Waals surface area contributed by atoms with E-state index in [0.29, 0.717) is 18.4 Å². The number of hydrogen-bond donors (Lipinski definition) is 2. The SMILES string of the molecule is Cc1nc(CN=C(NCCc2cccs2)Nc2ccc(OC(C)C)cc2)oc1C.I. The minimum atomic E-state index is 0. The normalized spacial score (nSPS) is 11.3. The number of aryl methyl sites for hydroxylation is 2. The Morgan fingerprint density at radius 1 is 1.20 bits per heavy atom. The third-order valence-electron chi connectivity index (χ3n) is 4.18. The highest BCUT2D eigenvalue weighted by atomic mass is 127. The van der Waals surface area contributed by atoms with E-state index in [-0.39, 0.29) is 30.1 Å². The molecular weight excluding hydrogens is 511 g/mol. The van der Waals surface area contributed by atoms with Gasteiger partial charge in [-0.05, 0) is 69.8 Å². The molecule has 0 aliphatic carbocycles. The Morgan fingerprint density at radius 2 is 1.97 bits per heavy atom. The number of aromatic nitrogens is 1. The molecule has 2 heterocycles. The molecular formula is C22H29IN4O2S. The van der Waals surface area contributed by atoms with Crippen LogP contribution >= 0.6 is 35.3 Å². The molecule has 0 unspecified atom stereocenters. The van der Waals surface area contributed by atoms with Crippen LogP contribution in [0.5, 0.6) is 5.75 Å². The van der Waals surface area contributed by atoms with Gasteiger partial charge in [0.2, 0.25) is 5.89 Å². The van der Waals surface area contributed by atoms with Crippen molar-refractivity contribution >= 4 is 47.0 Å². The molecule has 8 heteroatoms. The fourth-order valence-corrected chi connectivity index (χ4v) is 3.39. The molecule has 3 aromatic rings. The Labute approximate surface area is 199 Å². The average molecular weight is 540 g/mol. The molecule has 6 nitrogen and oxygen atoms in total. The van der Waals surface area contributed by atoms with Crippen LogP contribution in [0.2, 0.25) is 0 Å². The Balaban J connectivity index is 0.00000320. The maximum atomic E-state index is 5.71. The molecule has 0 fully saturated rings. The third kappa shape index (κ3) is 7.64. The fraction of sp³-hybridized carbons (Fsp3) is 0.364. The van der Waals surface area contributed by atoms with E-state index in [1.54, 1.807) is 11.3 Å². The minimum absolute atomic E-state index is 0. The predicted octanol–water partition coefficient (Wildman–Crippen LogP) is 5.56. The van der Waals surface area contributed by atoms with Gasteiger partial charge < -0.3 is 19.8 Å². The number of nitrogens with zero attached hydrogens (tertiary/aromatic N) is 2. The topological polar surface area (TPSA) is 71.7 Å². The lowest BCUT2D eigenvalue weighted by Gasteiger charge is -2.14. The van der Waals surface area contributed by atoms with Crippen molar-refractivity contribution in [2.24, 2.45) is 4.99 Å². The molecule has 0 aliphatic heterocycles. The zero-order chi connectivity index (χ0) is 20.6. The highest BCUT2D eigenvalue weighted by molar-refractivity contribution is 14.0. The molecule has 0 aliphatic rings. The molecule has 162 valence electrons. The summed E-state index contributed by atoms with van der Waals surface area (Å²) in [5, 5.41) is 8.83. The first kappa shape index (κ1) is 24.2. The number of halogens is 1. The second kappa shape index (κ2) is 11.9. The van der Waals surface area contributed by atoms with Gasteiger partial charge in [0.15, 0.2) is 5.96 Å². The van der Waals surface area contributed by atoms with E-state index in [2.05, 4.69) is 38.1 Å². The van der Waals surface area contributed by atoms with Crippen LogP contribution in [0.4, 0.5) is 5.69 Å². The van der Waals surface area contributed by atoms with Gasteiger partial charge in [-0.15, -0.1) is 35.3 Å². The van der Waals surface area contributed by atoms with Crippen LogP contribution < -0.4 is 15.4 Å². The van der Waals surface area contributed by atoms with Crippen LogP contribution in [0.15, 0.2) is 51.2 Å². The van der Waals surface area contributed by atoms with Crippen molar-refractivity contribution in [1.29, 1.82) is 0 Å². The zero-order valence-electron chi connectivity index (χ0n) is 17.8. The van der Waals surface area contributed by atoms with Crippen molar-refractivity contribution < 1.29 is 9.15 Å². The number of nitrogens with one attached hydrogen (secondary N) is 2. The molecule has 0 saturated carbocycles. The summed E-state index contributed by atoms with van der Waals surface area (Å²) in [7, 11) is 0. The lowest BCUT2D eigenvalue weighted by molar-refractivity contribution is 0.242. The first-order chi connectivity index (χ1) is 14.0. The van der Waals surface area contributed by atoms with Crippen LogP contribution in [0.1, 0.15) is 36.1 Å². The van der Waals surface area contributed by atoms with Gasteiger partial charge in [-0.25, -0.2) is 9.98 Å².